The number of carbonyl (C=O) groups is 1. The van der Waals surface area contributed by atoms with E-state index >= 15 is 0 Å². The Morgan fingerprint density at radius 1 is 1.04 bits per heavy atom. The molecule has 2 amide bonds. The number of ether oxygens (including phenoxy) is 1. The number of nitrogens with zero attached hydrogens (tertiary/aromatic N) is 3. The van der Waals surface area contributed by atoms with Crippen molar-refractivity contribution >= 4 is 23.2 Å². The average molecular weight is 367 g/mol. The van der Waals surface area contributed by atoms with Crippen LogP contribution in [0.1, 0.15) is 12.8 Å². The molecule has 2 fully saturated rings. The summed E-state index contributed by atoms with van der Waals surface area (Å²) in [6.07, 6.45) is 3.87. The van der Waals surface area contributed by atoms with Crippen molar-refractivity contribution < 1.29 is 9.53 Å². The molecule has 1 aliphatic heterocycles. The first kappa shape index (κ1) is 17.5. The van der Waals surface area contributed by atoms with E-state index in [0.29, 0.717) is 11.7 Å². The van der Waals surface area contributed by atoms with Gasteiger partial charge in [0.05, 0.1) is 19.0 Å². The molecular formula is C20H25N5O2. The van der Waals surface area contributed by atoms with E-state index < -0.39 is 0 Å². The van der Waals surface area contributed by atoms with Gasteiger partial charge in [0.1, 0.15) is 11.6 Å². The number of hydrogen-bond acceptors (Lipinski definition) is 5. The monoisotopic (exact) mass is 367 g/mol. The van der Waals surface area contributed by atoms with E-state index in [1.165, 1.54) is 5.69 Å². The summed E-state index contributed by atoms with van der Waals surface area (Å²) in [6, 6.07) is 12.3. The Kier molecular flexibility index (Phi) is 5.00. The van der Waals surface area contributed by atoms with Gasteiger partial charge in [0.25, 0.3) is 0 Å². The SMILES string of the molecule is COc1ccc(N2CCN(c3ccc(NC(=O)NC4CC4)cn3)CC2)cc1. The summed E-state index contributed by atoms with van der Waals surface area (Å²) in [4.78, 5) is 20.9. The minimum absolute atomic E-state index is 0.153. The maximum absolute atomic E-state index is 11.8. The lowest BCUT2D eigenvalue weighted by atomic mass is 10.2. The number of amides is 2. The maximum atomic E-state index is 11.8. The van der Waals surface area contributed by atoms with Gasteiger partial charge in [-0.2, -0.15) is 0 Å². The van der Waals surface area contributed by atoms with Crippen molar-refractivity contribution in [3.05, 3.63) is 42.6 Å². The van der Waals surface area contributed by atoms with Crippen LogP contribution in [0.3, 0.4) is 0 Å². The van der Waals surface area contributed by atoms with E-state index in [4.69, 9.17) is 4.74 Å². The summed E-state index contributed by atoms with van der Waals surface area (Å²) in [5.41, 5.74) is 1.93. The normalized spacial score (nSPS) is 16.8. The van der Waals surface area contributed by atoms with Gasteiger partial charge in [-0.05, 0) is 49.2 Å². The van der Waals surface area contributed by atoms with Crippen LogP contribution in [0.2, 0.25) is 0 Å². The Bertz CT molecular complexity index is 766. The Hall–Kier alpha value is -2.96. The quantitative estimate of drug-likeness (QED) is 0.850. The number of benzene rings is 1. The molecule has 27 heavy (non-hydrogen) atoms. The molecule has 0 unspecified atom stereocenters. The van der Waals surface area contributed by atoms with E-state index in [1.54, 1.807) is 13.3 Å². The van der Waals surface area contributed by atoms with E-state index in [0.717, 1.165) is 50.6 Å². The molecule has 2 aromatic rings. The highest BCUT2D eigenvalue weighted by molar-refractivity contribution is 5.89. The van der Waals surface area contributed by atoms with Crippen molar-refractivity contribution in [3.8, 4) is 5.75 Å². The Morgan fingerprint density at radius 3 is 2.33 bits per heavy atom. The van der Waals surface area contributed by atoms with Gasteiger partial charge >= 0.3 is 6.03 Å². The lowest BCUT2D eigenvalue weighted by molar-refractivity contribution is 0.251. The zero-order chi connectivity index (χ0) is 18.6. The predicted octanol–water partition coefficient (Wildman–Crippen LogP) is 2.70. The number of piperazine rings is 1. The number of pyridine rings is 1. The van der Waals surface area contributed by atoms with Gasteiger partial charge < -0.3 is 25.2 Å². The summed E-state index contributed by atoms with van der Waals surface area (Å²) >= 11 is 0. The van der Waals surface area contributed by atoms with E-state index in [2.05, 4.69) is 37.6 Å². The van der Waals surface area contributed by atoms with Crippen LogP contribution in [0.5, 0.6) is 5.75 Å². The highest BCUT2D eigenvalue weighted by Gasteiger charge is 2.23. The second-order valence-corrected chi connectivity index (χ2v) is 6.95. The number of urea groups is 1. The molecular weight excluding hydrogens is 342 g/mol. The van der Waals surface area contributed by atoms with Crippen LogP contribution < -0.4 is 25.2 Å². The second kappa shape index (κ2) is 7.73. The largest absolute Gasteiger partial charge is 0.497 e. The molecule has 4 rings (SSSR count). The first-order valence-corrected chi connectivity index (χ1v) is 9.39. The molecule has 0 atom stereocenters. The predicted molar refractivity (Wildman–Crippen MR) is 107 cm³/mol. The van der Waals surface area contributed by atoms with Crippen molar-refractivity contribution in [1.29, 1.82) is 0 Å². The molecule has 1 aromatic heterocycles. The minimum Gasteiger partial charge on any atom is -0.497 e. The zero-order valence-electron chi connectivity index (χ0n) is 15.5. The number of methoxy groups -OCH3 is 1. The standard InChI is InChI=1S/C20H25N5O2/c1-27-18-7-5-17(6-8-18)24-10-12-25(13-11-24)19-9-4-16(14-21-19)23-20(26)22-15-2-3-15/h4-9,14-15H,2-3,10-13H2,1H3,(H2,22,23,26). The Labute approximate surface area is 159 Å². The fraction of sp³-hybridized carbons (Fsp3) is 0.400. The molecule has 1 aromatic carbocycles. The number of aromatic nitrogens is 1. The number of rotatable bonds is 5. The van der Waals surface area contributed by atoms with Crippen LogP contribution in [-0.2, 0) is 0 Å². The van der Waals surface area contributed by atoms with Crippen molar-refractivity contribution in [2.24, 2.45) is 0 Å². The Morgan fingerprint density at radius 2 is 1.74 bits per heavy atom. The fourth-order valence-electron chi connectivity index (χ4n) is 3.21. The first-order valence-electron chi connectivity index (χ1n) is 9.39. The summed E-state index contributed by atoms with van der Waals surface area (Å²) in [5, 5.41) is 5.74. The number of carbonyl (C=O) groups excluding carboxylic acids is 1. The topological polar surface area (TPSA) is 69.7 Å². The summed E-state index contributed by atoms with van der Waals surface area (Å²) in [5.74, 6) is 1.82. The third-order valence-corrected chi connectivity index (χ3v) is 4.96. The highest BCUT2D eigenvalue weighted by Crippen LogP contribution is 2.23. The first-order chi connectivity index (χ1) is 13.2. The van der Waals surface area contributed by atoms with Gasteiger partial charge in [-0.1, -0.05) is 0 Å². The number of nitrogens with one attached hydrogen (secondary N) is 2. The lowest BCUT2D eigenvalue weighted by Gasteiger charge is -2.36. The number of anilines is 3. The molecule has 0 spiro atoms. The van der Waals surface area contributed by atoms with Gasteiger partial charge in [-0.15, -0.1) is 0 Å². The van der Waals surface area contributed by atoms with Gasteiger partial charge in [0, 0.05) is 37.9 Å². The molecule has 142 valence electrons. The molecule has 2 aliphatic rings. The van der Waals surface area contributed by atoms with Crippen molar-refractivity contribution in [2.45, 2.75) is 18.9 Å². The van der Waals surface area contributed by atoms with Gasteiger partial charge in [-0.25, -0.2) is 9.78 Å². The van der Waals surface area contributed by atoms with Crippen LogP contribution in [0, 0.1) is 0 Å². The molecule has 0 bridgehead atoms. The summed E-state index contributed by atoms with van der Waals surface area (Å²) in [6.45, 7) is 3.71. The average Bonchev–Trinajstić information content (AvgIpc) is 3.53. The molecule has 2 N–H and O–H groups in total. The van der Waals surface area contributed by atoms with Gasteiger partial charge in [-0.3, -0.25) is 0 Å². The van der Waals surface area contributed by atoms with Gasteiger partial charge in [0.15, 0.2) is 0 Å². The molecule has 1 saturated carbocycles. The van der Waals surface area contributed by atoms with Crippen molar-refractivity contribution in [1.82, 2.24) is 10.3 Å². The van der Waals surface area contributed by atoms with E-state index in [-0.39, 0.29) is 6.03 Å². The number of hydrogen-bond donors (Lipinski definition) is 2. The third kappa shape index (κ3) is 4.42. The molecule has 7 nitrogen and oxygen atoms in total. The summed E-state index contributed by atoms with van der Waals surface area (Å²) < 4.78 is 5.22. The van der Waals surface area contributed by atoms with Crippen molar-refractivity contribution in [3.63, 3.8) is 0 Å². The lowest BCUT2D eigenvalue weighted by Crippen LogP contribution is -2.46. The van der Waals surface area contributed by atoms with Crippen molar-refractivity contribution in [2.75, 3.05) is 48.4 Å². The van der Waals surface area contributed by atoms with E-state index in [9.17, 15) is 4.79 Å². The summed E-state index contributed by atoms with van der Waals surface area (Å²) in [7, 11) is 1.68. The molecule has 1 aliphatic carbocycles. The second-order valence-electron chi connectivity index (χ2n) is 6.95. The van der Waals surface area contributed by atoms with Crippen LogP contribution in [0.15, 0.2) is 42.6 Å². The minimum atomic E-state index is -0.153. The third-order valence-electron chi connectivity index (χ3n) is 4.96. The van der Waals surface area contributed by atoms with Crippen LogP contribution in [-0.4, -0.2) is 50.3 Å². The maximum Gasteiger partial charge on any atom is 0.319 e. The van der Waals surface area contributed by atoms with Crippen LogP contribution in [0.4, 0.5) is 22.0 Å². The molecule has 1 saturated heterocycles. The van der Waals surface area contributed by atoms with E-state index in [1.807, 2.05) is 24.3 Å². The Balaban J connectivity index is 1.30. The molecule has 7 heteroatoms. The highest BCUT2D eigenvalue weighted by atomic mass is 16.5. The van der Waals surface area contributed by atoms with Gasteiger partial charge in [0.2, 0.25) is 0 Å². The zero-order valence-corrected chi connectivity index (χ0v) is 15.5. The smallest absolute Gasteiger partial charge is 0.319 e. The molecule has 0 radical (unpaired) electrons. The van der Waals surface area contributed by atoms with Crippen LogP contribution >= 0.6 is 0 Å². The molecule has 2 heterocycles. The van der Waals surface area contributed by atoms with Crippen LogP contribution in [0.25, 0.3) is 0 Å². The fourth-order valence-corrected chi connectivity index (χ4v) is 3.21.